The van der Waals surface area contributed by atoms with Crippen molar-refractivity contribution in [1.29, 1.82) is 0 Å². The summed E-state index contributed by atoms with van der Waals surface area (Å²) in [6.07, 6.45) is 0. The molecule has 5 heteroatoms. The van der Waals surface area contributed by atoms with Crippen LogP contribution in [-0.4, -0.2) is 45.4 Å². The van der Waals surface area contributed by atoms with Gasteiger partial charge in [0.2, 0.25) is 0 Å². The lowest BCUT2D eigenvalue weighted by molar-refractivity contribution is 0.0788. The summed E-state index contributed by atoms with van der Waals surface area (Å²) in [7, 11) is 0. The predicted octanol–water partition coefficient (Wildman–Crippen LogP) is 1.67. The van der Waals surface area contributed by atoms with Gasteiger partial charge in [-0.25, -0.2) is 0 Å². The minimum absolute atomic E-state index is 0.434. The standard InChI is InChI=1S/C13H18BrN3O/c14-10-1-2-12-13(7-10)17(5-3-16-12)8-11-9-18-6-4-15-11/h1-2,7,11,15-16H,3-6,8-9H2. The molecule has 18 heavy (non-hydrogen) atoms. The average Bonchev–Trinajstić information content (AvgIpc) is 2.41. The Hall–Kier alpha value is -0.780. The maximum atomic E-state index is 5.52. The summed E-state index contributed by atoms with van der Waals surface area (Å²) in [5.74, 6) is 0. The third-order valence-electron chi connectivity index (χ3n) is 3.44. The van der Waals surface area contributed by atoms with E-state index in [1.54, 1.807) is 0 Å². The van der Waals surface area contributed by atoms with Crippen molar-refractivity contribution in [1.82, 2.24) is 5.32 Å². The fourth-order valence-electron chi connectivity index (χ4n) is 2.55. The van der Waals surface area contributed by atoms with Gasteiger partial charge in [0.15, 0.2) is 0 Å². The first-order chi connectivity index (χ1) is 8.83. The topological polar surface area (TPSA) is 36.5 Å². The Balaban J connectivity index is 1.75. The van der Waals surface area contributed by atoms with Crippen LogP contribution in [0.25, 0.3) is 0 Å². The molecule has 2 aliphatic heterocycles. The van der Waals surface area contributed by atoms with Gasteiger partial charge in [0.1, 0.15) is 0 Å². The summed E-state index contributed by atoms with van der Waals surface area (Å²) >= 11 is 3.55. The second-order valence-corrected chi connectivity index (χ2v) is 5.68. The number of ether oxygens (including phenoxy) is 1. The van der Waals surface area contributed by atoms with Crippen LogP contribution in [0.2, 0.25) is 0 Å². The van der Waals surface area contributed by atoms with Crippen molar-refractivity contribution in [3.63, 3.8) is 0 Å². The number of hydrogen-bond acceptors (Lipinski definition) is 4. The van der Waals surface area contributed by atoms with E-state index >= 15 is 0 Å². The van der Waals surface area contributed by atoms with Crippen LogP contribution in [0.15, 0.2) is 22.7 Å². The minimum atomic E-state index is 0.434. The first kappa shape index (κ1) is 12.3. The minimum Gasteiger partial charge on any atom is -0.382 e. The fourth-order valence-corrected chi connectivity index (χ4v) is 2.90. The largest absolute Gasteiger partial charge is 0.382 e. The van der Waals surface area contributed by atoms with Gasteiger partial charge in [-0.15, -0.1) is 0 Å². The van der Waals surface area contributed by atoms with E-state index in [4.69, 9.17) is 4.74 Å². The maximum Gasteiger partial charge on any atom is 0.0637 e. The van der Waals surface area contributed by atoms with Crippen LogP contribution in [-0.2, 0) is 4.74 Å². The molecule has 98 valence electrons. The van der Waals surface area contributed by atoms with Crippen molar-refractivity contribution < 1.29 is 4.74 Å². The van der Waals surface area contributed by atoms with E-state index in [0.717, 1.165) is 43.9 Å². The highest BCUT2D eigenvalue weighted by atomic mass is 79.9. The molecular formula is C13H18BrN3O. The molecule has 1 fully saturated rings. The number of nitrogens with one attached hydrogen (secondary N) is 2. The smallest absolute Gasteiger partial charge is 0.0637 e. The molecule has 1 atom stereocenters. The van der Waals surface area contributed by atoms with Crippen LogP contribution in [0.1, 0.15) is 0 Å². The number of fused-ring (bicyclic) bond motifs is 1. The van der Waals surface area contributed by atoms with Crippen molar-refractivity contribution in [2.24, 2.45) is 0 Å². The Bertz CT molecular complexity index is 421. The fraction of sp³-hybridized carbons (Fsp3) is 0.538. The summed E-state index contributed by atoms with van der Waals surface area (Å²) in [4.78, 5) is 2.43. The van der Waals surface area contributed by atoms with E-state index in [0.29, 0.717) is 6.04 Å². The predicted molar refractivity (Wildman–Crippen MR) is 77.5 cm³/mol. The lowest BCUT2D eigenvalue weighted by Crippen LogP contribution is -2.50. The van der Waals surface area contributed by atoms with Gasteiger partial charge in [0.05, 0.1) is 24.6 Å². The number of rotatable bonds is 2. The molecule has 0 saturated carbocycles. The third kappa shape index (κ3) is 2.63. The first-order valence-corrected chi connectivity index (χ1v) is 7.22. The number of benzene rings is 1. The molecule has 0 spiro atoms. The van der Waals surface area contributed by atoms with Crippen LogP contribution in [0, 0.1) is 0 Å². The number of morpholine rings is 1. The molecule has 2 N–H and O–H groups in total. The Morgan fingerprint density at radius 2 is 2.33 bits per heavy atom. The normalized spacial score (nSPS) is 23.4. The highest BCUT2D eigenvalue weighted by Gasteiger charge is 2.21. The van der Waals surface area contributed by atoms with Gasteiger partial charge in [0.25, 0.3) is 0 Å². The van der Waals surface area contributed by atoms with Crippen LogP contribution < -0.4 is 15.5 Å². The molecule has 0 aliphatic carbocycles. The Labute approximate surface area is 116 Å². The van der Waals surface area contributed by atoms with Crippen LogP contribution in [0.5, 0.6) is 0 Å². The second-order valence-electron chi connectivity index (χ2n) is 4.76. The molecule has 4 nitrogen and oxygen atoms in total. The quantitative estimate of drug-likeness (QED) is 0.871. The lowest BCUT2D eigenvalue weighted by atomic mass is 10.1. The summed E-state index contributed by atoms with van der Waals surface area (Å²) in [5.41, 5.74) is 2.50. The van der Waals surface area contributed by atoms with Crippen molar-refractivity contribution in [2.45, 2.75) is 6.04 Å². The van der Waals surface area contributed by atoms with E-state index < -0.39 is 0 Å². The van der Waals surface area contributed by atoms with Crippen LogP contribution in [0.3, 0.4) is 0 Å². The van der Waals surface area contributed by atoms with Crippen molar-refractivity contribution in [2.75, 3.05) is 49.6 Å². The molecule has 2 heterocycles. The van der Waals surface area contributed by atoms with Crippen molar-refractivity contribution >= 4 is 27.3 Å². The Morgan fingerprint density at radius 1 is 1.39 bits per heavy atom. The molecule has 1 aromatic carbocycles. The van der Waals surface area contributed by atoms with E-state index in [-0.39, 0.29) is 0 Å². The van der Waals surface area contributed by atoms with E-state index in [1.807, 2.05) is 0 Å². The molecule has 2 aliphatic rings. The number of nitrogens with zero attached hydrogens (tertiary/aromatic N) is 1. The SMILES string of the molecule is Brc1ccc2c(c1)N(CC1COCCN1)CCN2. The van der Waals surface area contributed by atoms with Crippen molar-refractivity contribution in [3.05, 3.63) is 22.7 Å². The molecule has 1 aromatic rings. The zero-order valence-electron chi connectivity index (χ0n) is 10.3. The molecule has 3 rings (SSSR count). The number of anilines is 2. The summed E-state index contributed by atoms with van der Waals surface area (Å²) < 4.78 is 6.65. The van der Waals surface area contributed by atoms with Gasteiger partial charge >= 0.3 is 0 Å². The molecule has 1 saturated heterocycles. The number of halogens is 1. The molecule has 1 unspecified atom stereocenters. The third-order valence-corrected chi connectivity index (χ3v) is 3.93. The number of hydrogen-bond donors (Lipinski definition) is 2. The molecular weight excluding hydrogens is 294 g/mol. The average molecular weight is 312 g/mol. The highest BCUT2D eigenvalue weighted by molar-refractivity contribution is 9.10. The zero-order chi connectivity index (χ0) is 12.4. The molecule has 0 bridgehead atoms. The lowest BCUT2D eigenvalue weighted by Gasteiger charge is -2.36. The van der Waals surface area contributed by atoms with Gasteiger partial charge in [-0.1, -0.05) is 15.9 Å². The summed E-state index contributed by atoms with van der Waals surface area (Å²) in [5, 5.41) is 6.96. The molecule has 0 radical (unpaired) electrons. The summed E-state index contributed by atoms with van der Waals surface area (Å²) in [6, 6.07) is 6.84. The van der Waals surface area contributed by atoms with Crippen LogP contribution >= 0.6 is 15.9 Å². The van der Waals surface area contributed by atoms with Crippen molar-refractivity contribution in [3.8, 4) is 0 Å². The van der Waals surface area contributed by atoms with Crippen LogP contribution in [0.4, 0.5) is 11.4 Å². The van der Waals surface area contributed by atoms with Gasteiger partial charge < -0.3 is 20.3 Å². The summed E-state index contributed by atoms with van der Waals surface area (Å²) in [6.45, 7) is 5.66. The Morgan fingerprint density at radius 3 is 3.17 bits per heavy atom. The monoisotopic (exact) mass is 311 g/mol. The molecule has 0 aromatic heterocycles. The molecule has 0 amide bonds. The first-order valence-electron chi connectivity index (χ1n) is 6.42. The van der Waals surface area contributed by atoms with Gasteiger partial charge in [-0.2, -0.15) is 0 Å². The van der Waals surface area contributed by atoms with E-state index in [1.165, 1.54) is 11.4 Å². The Kier molecular flexibility index (Phi) is 3.72. The van der Waals surface area contributed by atoms with Gasteiger partial charge in [-0.05, 0) is 18.2 Å². The van der Waals surface area contributed by atoms with E-state index in [2.05, 4.69) is 49.7 Å². The second kappa shape index (κ2) is 5.47. The van der Waals surface area contributed by atoms with Gasteiger partial charge in [-0.3, -0.25) is 0 Å². The highest BCUT2D eigenvalue weighted by Crippen LogP contribution is 2.31. The maximum absolute atomic E-state index is 5.52. The zero-order valence-corrected chi connectivity index (χ0v) is 11.9. The van der Waals surface area contributed by atoms with Gasteiger partial charge in [0, 0.05) is 36.7 Å². The van der Waals surface area contributed by atoms with E-state index in [9.17, 15) is 0 Å².